The van der Waals surface area contributed by atoms with E-state index in [0.29, 0.717) is 46.7 Å². The smallest absolute Gasteiger partial charge is 0.213 e. The predicted octanol–water partition coefficient (Wildman–Crippen LogP) is 5.33. The minimum atomic E-state index is -4.58. The molecule has 1 aromatic heterocycles. The Morgan fingerprint density at radius 2 is 1.49 bits per heavy atom. The molecule has 0 bridgehead atoms. The van der Waals surface area contributed by atoms with Gasteiger partial charge in [0.1, 0.15) is 21.6 Å². The lowest BCUT2D eigenvalue weighted by molar-refractivity contribution is 0.0449. The normalized spacial score (nSPS) is 20.6. The van der Waals surface area contributed by atoms with E-state index in [1.807, 2.05) is 4.90 Å². The van der Waals surface area contributed by atoms with Gasteiger partial charge in [0.05, 0.1) is 11.2 Å². The van der Waals surface area contributed by atoms with Crippen LogP contribution < -0.4 is 9.64 Å². The Labute approximate surface area is 292 Å². The summed E-state index contributed by atoms with van der Waals surface area (Å²) in [7, 11) is -4.58. The van der Waals surface area contributed by atoms with Crippen molar-refractivity contribution in [3.05, 3.63) is 48.2 Å². The molecule has 6 rings (SSSR count). The molecule has 0 amide bonds. The summed E-state index contributed by atoms with van der Waals surface area (Å²) in [6.45, 7) is 16.3. The van der Waals surface area contributed by atoms with Crippen molar-refractivity contribution in [3.8, 4) is 5.75 Å². The first-order valence-electron chi connectivity index (χ1n) is 17.4. The summed E-state index contributed by atoms with van der Waals surface area (Å²) in [5, 5.41) is 0.518. The van der Waals surface area contributed by atoms with Crippen molar-refractivity contribution >= 4 is 37.6 Å². The van der Waals surface area contributed by atoms with Crippen molar-refractivity contribution in [1.29, 1.82) is 0 Å². The van der Waals surface area contributed by atoms with E-state index in [1.54, 1.807) is 45.2 Å². The van der Waals surface area contributed by atoms with Gasteiger partial charge in [-0.3, -0.25) is 9.88 Å². The summed E-state index contributed by atoms with van der Waals surface area (Å²) in [5.74, 6) is -3.21. The van der Waals surface area contributed by atoms with Crippen molar-refractivity contribution in [2.45, 2.75) is 85.7 Å². The Bertz CT molecular complexity index is 1750. The van der Waals surface area contributed by atoms with Crippen LogP contribution in [-0.4, -0.2) is 115 Å². The Morgan fingerprint density at radius 1 is 0.878 bits per heavy atom. The summed E-state index contributed by atoms with van der Waals surface area (Å²) >= 11 is -1.33. The number of pyridine rings is 1. The number of likely N-dealkylation sites (N-methyl/N-ethyl adjacent to an activating group) is 1. The van der Waals surface area contributed by atoms with Gasteiger partial charge in [0.2, 0.25) is 15.7 Å². The van der Waals surface area contributed by atoms with E-state index in [2.05, 4.69) is 26.6 Å². The van der Waals surface area contributed by atoms with Gasteiger partial charge >= 0.3 is 0 Å². The highest BCUT2D eigenvalue weighted by molar-refractivity contribution is 7.91. The van der Waals surface area contributed by atoms with E-state index in [-0.39, 0.29) is 10.6 Å². The van der Waals surface area contributed by atoms with Crippen LogP contribution in [0.2, 0.25) is 0 Å². The number of ether oxygens (including phenoxy) is 1. The number of aromatic nitrogens is 1. The lowest BCUT2D eigenvalue weighted by Crippen LogP contribution is -2.55. The summed E-state index contributed by atoms with van der Waals surface area (Å²) in [5.41, 5.74) is 0.107. The topological polar surface area (TPSA) is 92.3 Å². The molecule has 0 aliphatic carbocycles. The number of benzene rings is 2. The number of sulfone groups is 1. The standard InChI is InChI=1S/C36H49F2N5O4S2/c1-6-40-19-21-42(22-20-40)26-11-15-41(16-12-26)25-13-17-43(18-14-25)35-28-23-27(48(5)44)7-8-29(28)39-24-32(35)49(45,46)31-10-9-30(33(37)34(31)38)47-36(2,3)4/h7-10,23-26H,6,11-22H2,1-5H3. The van der Waals surface area contributed by atoms with E-state index in [0.717, 1.165) is 83.6 Å². The van der Waals surface area contributed by atoms with Gasteiger partial charge in [0.15, 0.2) is 16.5 Å². The van der Waals surface area contributed by atoms with Crippen LogP contribution in [-0.2, 0) is 21.0 Å². The van der Waals surface area contributed by atoms with Crippen LogP contribution in [0, 0.1) is 11.6 Å². The summed E-state index contributed by atoms with van der Waals surface area (Å²) < 4.78 is 77.4. The van der Waals surface area contributed by atoms with Gasteiger partial charge in [-0.1, -0.05) is 6.92 Å². The third kappa shape index (κ3) is 7.72. The van der Waals surface area contributed by atoms with E-state index in [9.17, 15) is 13.0 Å². The molecular formula is C36H49F2N5O4S2. The van der Waals surface area contributed by atoms with Crippen LogP contribution in [0.4, 0.5) is 14.5 Å². The zero-order valence-electron chi connectivity index (χ0n) is 29.3. The first-order chi connectivity index (χ1) is 23.3. The van der Waals surface area contributed by atoms with E-state index >= 15 is 8.78 Å². The van der Waals surface area contributed by atoms with Crippen LogP contribution in [0.5, 0.6) is 5.75 Å². The second kappa shape index (κ2) is 14.6. The number of piperazine rings is 1. The molecule has 13 heteroatoms. The molecule has 4 heterocycles. The van der Waals surface area contributed by atoms with Crippen molar-refractivity contribution in [2.24, 2.45) is 0 Å². The van der Waals surface area contributed by atoms with Gasteiger partial charge in [-0.15, -0.1) is 0 Å². The number of rotatable bonds is 8. The van der Waals surface area contributed by atoms with E-state index in [4.69, 9.17) is 4.74 Å². The third-order valence-corrected chi connectivity index (χ3v) is 13.0. The molecule has 2 aromatic carbocycles. The lowest BCUT2D eigenvalue weighted by Gasteiger charge is -2.46. The number of halogens is 2. The zero-order valence-corrected chi connectivity index (χ0v) is 30.9. The van der Waals surface area contributed by atoms with Gasteiger partial charge in [0, 0.05) is 69.0 Å². The third-order valence-electron chi connectivity index (χ3n) is 10.3. The number of nitrogens with zero attached hydrogens (tertiary/aromatic N) is 5. The molecule has 3 aliphatic rings. The molecule has 268 valence electrons. The molecule has 0 spiro atoms. The fourth-order valence-electron chi connectivity index (χ4n) is 7.61. The Kier molecular flexibility index (Phi) is 10.8. The van der Waals surface area contributed by atoms with Gasteiger partial charge < -0.3 is 24.0 Å². The molecule has 3 aromatic rings. The van der Waals surface area contributed by atoms with Gasteiger partial charge in [-0.2, -0.15) is 4.39 Å². The molecule has 0 saturated carbocycles. The Balaban J connectivity index is 1.26. The van der Waals surface area contributed by atoms with E-state index in [1.165, 1.54) is 6.20 Å². The number of piperidine rings is 2. The van der Waals surface area contributed by atoms with Crippen molar-refractivity contribution in [3.63, 3.8) is 0 Å². The average Bonchev–Trinajstić information content (AvgIpc) is 3.09. The van der Waals surface area contributed by atoms with Gasteiger partial charge in [0.25, 0.3) is 0 Å². The minimum Gasteiger partial charge on any atom is -0.612 e. The maximum atomic E-state index is 15.6. The molecule has 3 aliphatic heterocycles. The van der Waals surface area contributed by atoms with Crippen LogP contribution in [0.3, 0.4) is 0 Å². The quantitative estimate of drug-likeness (QED) is 0.287. The minimum absolute atomic E-state index is 0.204. The highest BCUT2D eigenvalue weighted by Crippen LogP contribution is 2.40. The van der Waals surface area contributed by atoms with E-state index < -0.39 is 43.1 Å². The highest BCUT2D eigenvalue weighted by Gasteiger charge is 2.36. The van der Waals surface area contributed by atoms with Crippen LogP contribution in [0.25, 0.3) is 10.9 Å². The number of hydrogen-bond donors (Lipinski definition) is 0. The molecule has 3 saturated heterocycles. The lowest BCUT2D eigenvalue weighted by atomic mass is 9.96. The highest BCUT2D eigenvalue weighted by atomic mass is 32.2. The fraction of sp³-hybridized carbons (Fsp3) is 0.583. The van der Waals surface area contributed by atoms with Crippen molar-refractivity contribution < 1.29 is 26.5 Å². The van der Waals surface area contributed by atoms with Crippen LogP contribution >= 0.6 is 0 Å². The molecule has 0 N–H and O–H groups in total. The largest absolute Gasteiger partial charge is 0.612 e. The molecule has 0 radical (unpaired) electrons. The van der Waals surface area contributed by atoms with Crippen LogP contribution in [0.1, 0.15) is 53.4 Å². The van der Waals surface area contributed by atoms with Gasteiger partial charge in [-0.25, -0.2) is 12.8 Å². The maximum Gasteiger partial charge on any atom is 0.213 e. The molecule has 3 fully saturated rings. The molecular weight excluding hydrogens is 669 g/mol. The van der Waals surface area contributed by atoms with Gasteiger partial charge in [-0.05, 0) is 102 Å². The molecule has 9 nitrogen and oxygen atoms in total. The fourth-order valence-corrected chi connectivity index (χ4v) is 9.64. The second-order valence-corrected chi connectivity index (χ2v) is 17.7. The number of likely N-dealkylation sites (tertiary alicyclic amines) is 1. The maximum absolute atomic E-state index is 15.6. The number of anilines is 1. The summed E-state index contributed by atoms with van der Waals surface area (Å²) in [6, 6.07) is 8.37. The van der Waals surface area contributed by atoms with Crippen LogP contribution in [0.15, 0.2) is 51.2 Å². The molecule has 49 heavy (non-hydrogen) atoms. The predicted molar refractivity (Wildman–Crippen MR) is 190 cm³/mol. The number of hydrogen-bond acceptors (Lipinski definition) is 9. The van der Waals surface area contributed by atoms with Crippen molar-refractivity contribution in [1.82, 2.24) is 19.7 Å². The zero-order chi connectivity index (χ0) is 35.1. The summed E-state index contributed by atoms with van der Waals surface area (Å²) in [4.78, 5) is 13.8. The Hall–Kier alpha value is -2.55. The average molecular weight is 718 g/mol. The first-order valence-corrected chi connectivity index (χ1v) is 20.4. The summed E-state index contributed by atoms with van der Waals surface area (Å²) in [6.07, 6.45) is 6.79. The monoisotopic (exact) mass is 717 g/mol. The molecule has 1 atom stereocenters. The molecule has 1 unspecified atom stereocenters. The Morgan fingerprint density at radius 3 is 2.08 bits per heavy atom. The van der Waals surface area contributed by atoms with Crippen molar-refractivity contribution in [2.75, 3.05) is 70.1 Å². The second-order valence-electron chi connectivity index (χ2n) is 14.5. The SMILES string of the molecule is CCN1CCN(C2CCN(C3CCN(c4c(S(=O)(=O)c5ccc(OC(C)(C)C)c(F)c5F)cnc5ccc([S+](C)[O-])cc45)CC3)CC2)CC1. The number of fused-ring (bicyclic) bond motifs is 1. The first kappa shape index (κ1) is 36.2.